The number of rotatable bonds is 5. The first-order chi connectivity index (χ1) is 14.5. The number of nitrogens with zero attached hydrogens (tertiary/aromatic N) is 3. The average Bonchev–Trinajstić information content (AvgIpc) is 3.22. The van der Waals surface area contributed by atoms with Crippen LogP contribution in [-0.2, 0) is 4.79 Å². The third-order valence-electron chi connectivity index (χ3n) is 5.79. The molecular formula is C23H27N3O2S2. The Morgan fingerprint density at radius 2 is 2.10 bits per heavy atom. The molecule has 1 aliphatic rings. The lowest BCUT2D eigenvalue weighted by atomic mass is 10.0. The van der Waals surface area contributed by atoms with Crippen LogP contribution in [0.25, 0.3) is 15.9 Å². The van der Waals surface area contributed by atoms with Crippen LogP contribution in [-0.4, -0.2) is 38.7 Å². The standard InChI is InChI=1S/C23H27N3O2S2/c1-4-17-7-5-6-11-25(17)20(27)14-30-23-24-18-10-12-29-21(18)22(28)26(23)19-9-8-15(2)13-16(19)3/h8-10,12-13,17H,4-7,11,14H2,1-3H3. The van der Waals surface area contributed by atoms with Crippen molar-refractivity contribution in [1.82, 2.24) is 14.5 Å². The summed E-state index contributed by atoms with van der Waals surface area (Å²) < 4.78 is 2.33. The van der Waals surface area contributed by atoms with Gasteiger partial charge >= 0.3 is 0 Å². The molecule has 0 spiro atoms. The van der Waals surface area contributed by atoms with E-state index in [2.05, 4.69) is 13.0 Å². The van der Waals surface area contributed by atoms with Gasteiger partial charge in [0, 0.05) is 12.6 Å². The highest BCUT2D eigenvalue weighted by atomic mass is 32.2. The van der Waals surface area contributed by atoms with E-state index >= 15 is 0 Å². The summed E-state index contributed by atoms with van der Waals surface area (Å²) in [6, 6.07) is 8.25. The van der Waals surface area contributed by atoms with E-state index in [0.29, 0.717) is 27.2 Å². The minimum Gasteiger partial charge on any atom is -0.339 e. The highest BCUT2D eigenvalue weighted by molar-refractivity contribution is 7.99. The lowest BCUT2D eigenvalue weighted by Gasteiger charge is -2.35. The molecule has 0 N–H and O–H groups in total. The van der Waals surface area contributed by atoms with Crippen LogP contribution in [0, 0.1) is 13.8 Å². The molecule has 3 heterocycles. The molecule has 5 nitrogen and oxygen atoms in total. The van der Waals surface area contributed by atoms with Gasteiger partial charge in [-0.1, -0.05) is 36.4 Å². The van der Waals surface area contributed by atoms with Crippen molar-refractivity contribution in [1.29, 1.82) is 0 Å². The smallest absolute Gasteiger partial charge is 0.276 e. The number of hydrogen-bond acceptors (Lipinski definition) is 5. The summed E-state index contributed by atoms with van der Waals surface area (Å²) in [6.45, 7) is 7.02. The molecule has 1 amide bonds. The third kappa shape index (κ3) is 4.05. The fraction of sp³-hybridized carbons (Fsp3) is 0.435. The molecule has 1 saturated heterocycles. The number of aromatic nitrogens is 2. The van der Waals surface area contributed by atoms with Gasteiger partial charge in [-0.05, 0) is 62.6 Å². The van der Waals surface area contributed by atoms with Crippen molar-refractivity contribution in [2.24, 2.45) is 0 Å². The van der Waals surface area contributed by atoms with Gasteiger partial charge in [0.1, 0.15) is 4.70 Å². The summed E-state index contributed by atoms with van der Waals surface area (Å²) in [6.07, 6.45) is 4.33. The highest BCUT2D eigenvalue weighted by Gasteiger charge is 2.26. The van der Waals surface area contributed by atoms with E-state index in [1.165, 1.54) is 29.5 Å². The Hall–Kier alpha value is -2.12. The lowest BCUT2D eigenvalue weighted by molar-refractivity contribution is -0.132. The van der Waals surface area contributed by atoms with Crippen molar-refractivity contribution in [2.45, 2.75) is 57.7 Å². The molecule has 1 atom stereocenters. The molecule has 0 aliphatic carbocycles. The molecule has 7 heteroatoms. The SMILES string of the molecule is CCC1CCCCN1C(=O)CSc1nc2ccsc2c(=O)n1-c1ccc(C)cc1C. The second kappa shape index (κ2) is 8.94. The van der Waals surface area contributed by atoms with Gasteiger partial charge < -0.3 is 4.90 Å². The lowest BCUT2D eigenvalue weighted by Crippen LogP contribution is -2.44. The van der Waals surface area contributed by atoms with Gasteiger partial charge in [-0.25, -0.2) is 4.98 Å². The van der Waals surface area contributed by atoms with Crippen LogP contribution in [0.5, 0.6) is 0 Å². The van der Waals surface area contributed by atoms with Crippen molar-refractivity contribution in [3.63, 3.8) is 0 Å². The Morgan fingerprint density at radius 3 is 2.87 bits per heavy atom. The zero-order valence-electron chi connectivity index (χ0n) is 17.7. The van der Waals surface area contributed by atoms with Gasteiger partial charge in [0.15, 0.2) is 5.16 Å². The summed E-state index contributed by atoms with van der Waals surface area (Å²) in [5, 5.41) is 2.47. The molecular weight excluding hydrogens is 414 g/mol. The normalized spacial score (nSPS) is 16.9. The molecule has 0 bridgehead atoms. The van der Waals surface area contributed by atoms with E-state index in [4.69, 9.17) is 4.98 Å². The number of aryl methyl sites for hydroxylation is 2. The van der Waals surface area contributed by atoms with Crippen LogP contribution in [0.3, 0.4) is 0 Å². The maximum Gasteiger partial charge on any atom is 0.276 e. The van der Waals surface area contributed by atoms with Gasteiger partial charge in [-0.3, -0.25) is 14.2 Å². The second-order valence-electron chi connectivity index (χ2n) is 7.89. The number of fused-ring (bicyclic) bond motifs is 1. The predicted molar refractivity (Wildman–Crippen MR) is 125 cm³/mol. The number of benzene rings is 1. The fourth-order valence-electron chi connectivity index (χ4n) is 4.22. The Balaban J connectivity index is 1.69. The van der Waals surface area contributed by atoms with Crippen molar-refractivity contribution in [3.05, 3.63) is 51.1 Å². The monoisotopic (exact) mass is 441 g/mol. The largest absolute Gasteiger partial charge is 0.339 e. The van der Waals surface area contributed by atoms with E-state index in [9.17, 15) is 9.59 Å². The summed E-state index contributed by atoms with van der Waals surface area (Å²) in [7, 11) is 0. The van der Waals surface area contributed by atoms with Gasteiger partial charge in [0.25, 0.3) is 5.56 Å². The summed E-state index contributed by atoms with van der Waals surface area (Å²) in [5.74, 6) is 0.433. The van der Waals surface area contributed by atoms with E-state index in [0.717, 1.165) is 42.6 Å². The van der Waals surface area contributed by atoms with Crippen molar-refractivity contribution in [3.8, 4) is 5.69 Å². The summed E-state index contributed by atoms with van der Waals surface area (Å²) >= 11 is 2.78. The third-order valence-corrected chi connectivity index (χ3v) is 7.60. The van der Waals surface area contributed by atoms with Crippen LogP contribution < -0.4 is 5.56 Å². The van der Waals surface area contributed by atoms with Crippen molar-refractivity contribution < 1.29 is 4.79 Å². The second-order valence-corrected chi connectivity index (χ2v) is 9.75. The summed E-state index contributed by atoms with van der Waals surface area (Å²) in [4.78, 5) is 33.1. The van der Waals surface area contributed by atoms with Crippen LogP contribution in [0.1, 0.15) is 43.7 Å². The van der Waals surface area contributed by atoms with Gasteiger partial charge in [-0.2, -0.15) is 0 Å². The van der Waals surface area contributed by atoms with Crippen LogP contribution in [0.2, 0.25) is 0 Å². The van der Waals surface area contributed by atoms with E-state index < -0.39 is 0 Å². The van der Waals surface area contributed by atoms with E-state index in [-0.39, 0.29) is 11.5 Å². The quantitative estimate of drug-likeness (QED) is 0.415. The minimum atomic E-state index is -0.0682. The maximum absolute atomic E-state index is 13.3. The van der Waals surface area contributed by atoms with E-state index in [1.54, 1.807) is 4.57 Å². The molecule has 2 aromatic heterocycles. The minimum absolute atomic E-state index is 0.0682. The molecule has 0 saturated carbocycles. The molecule has 0 radical (unpaired) electrons. The highest BCUT2D eigenvalue weighted by Crippen LogP contribution is 2.27. The maximum atomic E-state index is 13.3. The number of likely N-dealkylation sites (tertiary alicyclic amines) is 1. The van der Waals surface area contributed by atoms with Crippen LogP contribution in [0.15, 0.2) is 39.6 Å². The molecule has 3 aromatic rings. The number of hydrogen-bond donors (Lipinski definition) is 0. The molecule has 4 rings (SSSR count). The number of carbonyl (C=O) groups is 1. The Bertz CT molecular complexity index is 1140. The predicted octanol–water partition coefficient (Wildman–Crippen LogP) is 4.95. The van der Waals surface area contributed by atoms with Crippen molar-refractivity contribution >= 4 is 39.2 Å². The molecule has 1 aliphatic heterocycles. The Kier molecular flexibility index (Phi) is 6.29. The van der Waals surface area contributed by atoms with Crippen LogP contribution in [0.4, 0.5) is 0 Å². The fourth-order valence-corrected chi connectivity index (χ4v) is 5.87. The number of amides is 1. The number of thiophene rings is 1. The molecule has 1 fully saturated rings. The topological polar surface area (TPSA) is 55.2 Å². The average molecular weight is 442 g/mol. The van der Waals surface area contributed by atoms with Gasteiger partial charge in [0.2, 0.25) is 5.91 Å². The summed E-state index contributed by atoms with van der Waals surface area (Å²) in [5.41, 5.74) is 3.62. The van der Waals surface area contributed by atoms with Crippen molar-refractivity contribution in [2.75, 3.05) is 12.3 Å². The zero-order valence-corrected chi connectivity index (χ0v) is 19.3. The first kappa shape index (κ1) is 21.1. The van der Waals surface area contributed by atoms with Crippen LogP contribution >= 0.6 is 23.1 Å². The van der Waals surface area contributed by atoms with E-state index in [1.807, 2.05) is 42.3 Å². The molecule has 1 aromatic carbocycles. The first-order valence-corrected chi connectivity index (χ1v) is 12.4. The Morgan fingerprint density at radius 1 is 1.27 bits per heavy atom. The molecule has 30 heavy (non-hydrogen) atoms. The Labute approximate surface area is 185 Å². The molecule has 158 valence electrons. The van der Waals surface area contributed by atoms with Gasteiger partial charge in [0.05, 0.1) is 17.0 Å². The first-order valence-electron chi connectivity index (χ1n) is 10.5. The number of thioether (sulfide) groups is 1. The molecule has 1 unspecified atom stereocenters. The number of piperidine rings is 1. The zero-order chi connectivity index (χ0) is 21.3. The number of carbonyl (C=O) groups excluding carboxylic acids is 1. The van der Waals surface area contributed by atoms with Gasteiger partial charge in [-0.15, -0.1) is 11.3 Å².